The molecule has 1 atom stereocenters. The van der Waals surface area contributed by atoms with Gasteiger partial charge in [-0.2, -0.15) is 0 Å². The van der Waals surface area contributed by atoms with Crippen LogP contribution in [0.25, 0.3) is 0 Å². The lowest BCUT2D eigenvalue weighted by Gasteiger charge is -2.19. The van der Waals surface area contributed by atoms with Gasteiger partial charge in [-0.15, -0.1) is 0 Å². The van der Waals surface area contributed by atoms with Crippen LogP contribution in [-0.4, -0.2) is 43.2 Å². The van der Waals surface area contributed by atoms with Crippen molar-refractivity contribution in [2.45, 2.75) is 38.3 Å². The van der Waals surface area contributed by atoms with Crippen LogP contribution in [0, 0.1) is 0 Å². The van der Waals surface area contributed by atoms with Crippen molar-refractivity contribution in [2.75, 3.05) is 20.2 Å². The van der Waals surface area contributed by atoms with Crippen LogP contribution < -0.4 is 0 Å². The van der Waals surface area contributed by atoms with Crippen molar-refractivity contribution in [3.8, 4) is 0 Å². The smallest absolute Gasteiger partial charge is 0.262 e. The van der Waals surface area contributed by atoms with Crippen molar-refractivity contribution in [2.24, 2.45) is 0 Å². The fourth-order valence-corrected chi connectivity index (χ4v) is 1.55. The third-order valence-corrected chi connectivity index (χ3v) is 2.26. The molecule has 1 saturated heterocycles. The molecule has 13 heavy (non-hydrogen) atoms. The first-order chi connectivity index (χ1) is 5.91. The van der Waals surface area contributed by atoms with Crippen molar-refractivity contribution in [1.29, 1.82) is 0 Å². The molecular formula is C9H17F2NO. The van der Waals surface area contributed by atoms with Gasteiger partial charge in [-0.1, -0.05) is 0 Å². The molecule has 1 aliphatic heterocycles. The molecule has 0 aromatic rings. The molecule has 0 aromatic carbocycles. The van der Waals surface area contributed by atoms with Gasteiger partial charge in [-0.25, -0.2) is 8.78 Å². The Kier molecular flexibility index (Phi) is 3.24. The second kappa shape index (κ2) is 3.88. The van der Waals surface area contributed by atoms with E-state index in [1.165, 1.54) is 0 Å². The van der Waals surface area contributed by atoms with E-state index >= 15 is 0 Å². The van der Waals surface area contributed by atoms with Gasteiger partial charge in [-0.05, 0) is 20.9 Å². The van der Waals surface area contributed by atoms with Gasteiger partial charge in [0.05, 0.1) is 19.3 Å². The molecule has 4 heteroatoms. The molecule has 0 aliphatic carbocycles. The van der Waals surface area contributed by atoms with Crippen molar-refractivity contribution in [1.82, 2.24) is 4.90 Å². The normalized spacial score (nSPS) is 28.6. The maximum Gasteiger partial charge on any atom is 0.262 e. The van der Waals surface area contributed by atoms with Crippen molar-refractivity contribution in [3.05, 3.63) is 0 Å². The molecule has 1 rings (SSSR count). The van der Waals surface area contributed by atoms with Gasteiger partial charge < -0.3 is 4.74 Å². The van der Waals surface area contributed by atoms with E-state index in [0.717, 1.165) is 0 Å². The third-order valence-electron chi connectivity index (χ3n) is 2.26. The van der Waals surface area contributed by atoms with Crippen LogP contribution in [0.3, 0.4) is 0 Å². The summed E-state index contributed by atoms with van der Waals surface area (Å²) in [5.41, 5.74) is 0. The highest BCUT2D eigenvalue weighted by Gasteiger charge is 2.43. The SMILES string of the molecule is CC(C)OC[C@@H]1CC(F)(F)CN1C. The monoisotopic (exact) mass is 193 g/mol. The van der Waals surface area contributed by atoms with E-state index in [0.29, 0.717) is 6.61 Å². The summed E-state index contributed by atoms with van der Waals surface area (Å²) in [6.07, 6.45) is 0.0403. The fourth-order valence-electron chi connectivity index (χ4n) is 1.55. The lowest BCUT2D eigenvalue weighted by molar-refractivity contribution is 0.0110. The molecule has 1 heterocycles. The van der Waals surface area contributed by atoms with E-state index in [-0.39, 0.29) is 25.1 Å². The van der Waals surface area contributed by atoms with Gasteiger partial charge in [0.1, 0.15) is 0 Å². The molecule has 0 bridgehead atoms. The van der Waals surface area contributed by atoms with Gasteiger partial charge in [0.15, 0.2) is 0 Å². The Morgan fingerprint density at radius 1 is 1.54 bits per heavy atom. The summed E-state index contributed by atoms with van der Waals surface area (Å²) in [6.45, 7) is 4.09. The maximum absolute atomic E-state index is 12.9. The number of alkyl halides is 2. The molecule has 1 aliphatic rings. The molecule has 0 aromatic heterocycles. The number of ether oxygens (including phenoxy) is 1. The summed E-state index contributed by atoms with van der Waals surface area (Å²) < 4.78 is 31.1. The quantitative estimate of drug-likeness (QED) is 0.677. The number of hydrogen-bond donors (Lipinski definition) is 0. The van der Waals surface area contributed by atoms with Crippen LogP contribution in [0.2, 0.25) is 0 Å². The molecule has 0 N–H and O–H groups in total. The van der Waals surface area contributed by atoms with Crippen LogP contribution in [-0.2, 0) is 4.74 Å². The number of halogens is 2. The van der Waals surface area contributed by atoms with Crippen molar-refractivity contribution >= 4 is 0 Å². The fraction of sp³-hybridized carbons (Fsp3) is 1.00. The Balaban J connectivity index is 2.35. The minimum atomic E-state index is -2.53. The summed E-state index contributed by atoms with van der Waals surface area (Å²) >= 11 is 0. The molecule has 1 fully saturated rings. The van der Waals surface area contributed by atoms with E-state index in [1.807, 2.05) is 13.8 Å². The summed E-state index contributed by atoms with van der Waals surface area (Å²) in [6, 6.07) is -0.127. The lowest BCUT2D eigenvalue weighted by Crippen LogP contribution is -2.30. The number of nitrogens with zero attached hydrogens (tertiary/aromatic N) is 1. The molecule has 0 radical (unpaired) electrons. The number of rotatable bonds is 3. The number of likely N-dealkylation sites (tertiary alicyclic amines) is 1. The van der Waals surface area contributed by atoms with E-state index in [2.05, 4.69) is 0 Å². The van der Waals surface area contributed by atoms with Crippen molar-refractivity contribution in [3.63, 3.8) is 0 Å². The van der Waals surface area contributed by atoms with Gasteiger partial charge >= 0.3 is 0 Å². The van der Waals surface area contributed by atoms with E-state index in [4.69, 9.17) is 4.74 Å². The van der Waals surface area contributed by atoms with Crippen LogP contribution in [0.1, 0.15) is 20.3 Å². The first-order valence-corrected chi connectivity index (χ1v) is 4.60. The second-order valence-electron chi connectivity index (χ2n) is 4.01. The molecule has 78 valence electrons. The van der Waals surface area contributed by atoms with Crippen LogP contribution >= 0.6 is 0 Å². The highest BCUT2D eigenvalue weighted by Crippen LogP contribution is 2.30. The molecule has 0 amide bonds. The molecular weight excluding hydrogens is 176 g/mol. The first-order valence-electron chi connectivity index (χ1n) is 4.60. The van der Waals surface area contributed by atoms with Gasteiger partial charge in [-0.3, -0.25) is 4.90 Å². The van der Waals surface area contributed by atoms with E-state index < -0.39 is 5.92 Å². The van der Waals surface area contributed by atoms with Crippen LogP contribution in [0.5, 0.6) is 0 Å². The van der Waals surface area contributed by atoms with E-state index in [1.54, 1.807) is 11.9 Å². The molecule has 0 saturated carbocycles. The minimum absolute atomic E-state index is 0.0732. The molecule has 2 nitrogen and oxygen atoms in total. The Labute approximate surface area is 77.9 Å². The zero-order valence-corrected chi connectivity index (χ0v) is 8.39. The summed E-state index contributed by atoms with van der Waals surface area (Å²) in [4.78, 5) is 1.67. The second-order valence-corrected chi connectivity index (χ2v) is 4.01. The van der Waals surface area contributed by atoms with Crippen LogP contribution in [0.4, 0.5) is 8.78 Å². The predicted octanol–water partition coefficient (Wildman–Crippen LogP) is 1.75. The Morgan fingerprint density at radius 2 is 2.15 bits per heavy atom. The summed E-state index contributed by atoms with van der Waals surface area (Å²) in [5.74, 6) is -2.53. The molecule has 0 spiro atoms. The predicted molar refractivity (Wildman–Crippen MR) is 47.1 cm³/mol. The zero-order valence-electron chi connectivity index (χ0n) is 8.39. The molecule has 0 unspecified atom stereocenters. The Bertz CT molecular complexity index is 173. The Hall–Kier alpha value is -0.220. The summed E-state index contributed by atoms with van der Waals surface area (Å²) in [7, 11) is 1.72. The first kappa shape index (κ1) is 10.9. The topological polar surface area (TPSA) is 12.5 Å². The zero-order chi connectivity index (χ0) is 10.1. The average molecular weight is 193 g/mol. The lowest BCUT2D eigenvalue weighted by atomic mass is 10.2. The van der Waals surface area contributed by atoms with Crippen LogP contribution in [0.15, 0.2) is 0 Å². The van der Waals surface area contributed by atoms with Crippen molar-refractivity contribution < 1.29 is 13.5 Å². The minimum Gasteiger partial charge on any atom is -0.377 e. The largest absolute Gasteiger partial charge is 0.377 e. The summed E-state index contributed by atoms with van der Waals surface area (Å²) in [5, 5.41) is 0. The maximum atomic E-state index is 12.9. The van der Waals surface area contributed by atoms with E-state index in [9.17, 15) is 8.78 Å². The number of hydrogen-bond acceptors (Lipinski definition) is 2. The third kappa shape index (κ3) is 3.19. The van der Waals surface area contributed by atoms with Gasteiger partial charge in [0.25, 0.3) is 5.92 Å². The van der Waals surface area contributed by atoms with Gasteiger partial charge in [0, 0.05) is 12.5 Å². The Morgan fingerprint density at radius 3 is 2.54 bits per heavy atom. The highest BCUT2D eigenvalue weighted by molar-refractivity contribution is 4.88. The number of likely N-dealkylation sites (N-methyl/N-ethyl adjacent to an activating group) is 1. The highest BCUT2D eigenvalue weighted by atomic mass is 19.3. The van der Waals surface area contributed by atoms with Gasteiger partial charge in [0.2, 0.25) is 0 Å². The standard InChI is InChI=1S/C9H17F2NO/c1-7(2)13-5-8-4-9(10,11)6-12(8)3/h7-8H,4-6H2,1-3H3/t8-/m0/s1. The average Bonchev–Trinajstić information content (AvgIpc) is 2.20.